The van der Waals surface area contributed by atoms with Crippen molar-refractivity contribution in [3.63, 3.8) is 0 Å². The molecule has 0 saturated heterocycles. The van der Waals surface area contributed by atoms with Gasteiger partial charge in [-0.3, -0.25) is 0 Å². The second-order valence-electron chi connectivity index (χ2n) is 5.85. The quantitative estimate of drug-likeness (QED) is 0.730. The van der Waals surface area contributed by atoms with Crippen LogP contribution in [-0.2, 0) is 6.54 Å². The molecule has 0 aliphatic rings. The molecule has 116 valence electrons. The van der Waals surface area contributed by atoms with Gasteiger partial charge < -0.3 is 9.55 Å². The first-order valence-electron chi connectivity index (χ1n) is 7.78. The number of benzene rings is 1. The van der Waals surface area contributed by atoms with Crippen LogP contribution < -0.4 is 0 Å². The molecule has 4 heteroatoms. The Bertz CT molecular complexity index is 948. The highest BCUT2D eigenvalue weighted by molar-refractivity contribution is 5.90. The van der Waals surface area contributed by atoms with E-state index < -0.39 is 0 Å². The molecule has 3 aromatic rings. The first kappa shape index (κ1) is 15.1. The first-order valence-corrected chi connectivity index (χ1v) is 7.78. The molecular formula is C19H20N4. The van der Waals surface area contributed by atoms with E-state index in [1.165, 1.54) is 17.0 Å². The SMILES string of the molecule is CCn1c(C)cc(/C=C(/C#N)c2nc3ccc(C)cc3[nH]2)c1C. The molecule has 0 fully saturated rings. The number of imidazole rings is 1. The Morgan fingerprint density at radius 3 is 2.74 bits per heavy atom. The van der Waals surface area contributed by atoms with Crippen molar-refractivity contribution in [3.05, 3.63) is 52.6 Å². The fraction of sp³-hybridized carbons (Fsp3) is 0.263. The average Bonchev–Trinajstić information content (AvgIpc) is 3.05. The van der Waals surface area contributed by atoms with Gasteiger partial charge in [-0.15, -0.1) is 0 Å². The third-order valence-electron chi connectivity index (χ3n) is 4.24. The van der Waals surface area contributed by atoms with Gasteiger partial charge in [-0.1, -0.05) is 6.07 Å². The molecule has 0 unspecified atom stereocenters. The van der Waals surface area contributed by atoms with E-state index in [4.69, 9.17) is 0 Å². The van der Waals surface area contributed by atoms with Gasteiger partial charge in [0.1, 0.15) is 11.9 Å². The van der Waals surface area contributed by atoms with Crippen molar-refractivity contribution in [2.24, 2.45) is 0 Å². The van der Waals surface area contributed by atoms with Crippen molar-refractivity contribution in [1.29, 1.82) is 5.26 Å². The van der Waals surface area contributed by atoms with Crippen LogP contribution in [0.5, 0.6) is 0 Å². The largest absolute Gasteiger partial charge is 0.349 e. The van der Waals surface area contributed by atoms with E-state index in [1.807, 2.05) is 31.2 Å². The second-order valence-corrected chi connectivity index (χ2v) is 5.85. The van der Waals surface area contributed by atoms with Gasteiger partial charge in [0.15, 0.2) is 0 Å². The molecule has 2 aromatic heterocycles. The van der Waals surface area contributed by atoms with Gasteiger partial charge in [-0.25, -0.2) is 4.98 Å². The number of nitrogens with one attached hydrogen (secondary N) is 1. The van der Waals surface area contributed by atoms with Gasteiger partial charge in [0.05, 0.1) is 16.6 Å². The number of H-pyrrole nitrogens is 1. The molecular weight excluding hydrogens is 284 g/mol. The lowest BCUT2D eigenvalue weighted by Crippen LogP contribution is -1.98. The minimum atomic E-state index is 0.551. The van der Waals surface area contributed by atoms with Crippen LogP contribution >= 0.6 is 0 Å². The van der Waals surface area contributed by atoms with Crippen molar-refractivity contribution in [2.45, 2.75) is 34.2 Å². The number of aromatic amines is 1. The zero-order valence-electron chi connectivity index (χ0n) is 13.9. The van der Waals surface area contributed by atoms with Gasteiger partial charge in [-0.2, -0.15) is 5.26 Å². The summed E-state index contributed by atoms with van der Waals surface area (Å²) in [7, 11) is 0. The topological polar surface area (TPSA) is 57.4 Å². The van der Waals surface area contributed by atoms with Crippen LogP contribution in [-0.4, -0.2) is 14.5 Å². The Morgan fingerprint density at radius 2 is 2.09 bits per heavy atom. The number of hydrogen-bond acceptors (Lipinski definition) is 2. The minimum absolute atomic E-state index is 0.551. The fourth-order valence-electron chi connectivity index (χ4n) is 3.02. The van der Waals surface area contributed by atoms with Crippen LogP contribution in [0.15, 0.2) is 24.3 Å². The van der Waals surface area contributed by atoms with E-state index in [2.05, 4.69) is 47.4 Å². The normalized spacial score (nSPS) is 11.9. The van der Waals surface area contributed by atoms with E-state index in [0.29, 0.717) is 11.4 Å². The van der Waals surface area contributed by atoms with Crippen LogP contribution in [0, 0.1) is 32.1 Å². The highest BCUT2D eigenvalue weighted by Crippen LogP contribution is 2.23. The van der Waals surface area contributed by atoms with Crippen LogP contribution in [0.25, 0.3) is 22.7 Å². The summed E-state index contributed by atoms with van der Waals surface area (Å²) in [4.78, 5) is 7.80. The molecule has 3 rings (SSSR count). The third kappa shape index (κ3) is 2.66. The zero-order chi connectivity index (χ0) is 16.6. The van der Waals surface area contributed by atoms with Crippen LogP contribution in [0.4, 0.5) is 0 Å². The molecule has 2 heterocycles. The van der Waals surface area contributed by atoms with E-state index in [1.54, 1.807) is 0 Å². The number of aryl methyl sites for hydroxylation is 2. The molecule has 0 aliphatic heterocycles. The second kappa shape index (κ2) is 5.77. The molecule has 1 aromatic carbocycles. The van der Waals surface area contributed by atoms with E-state index in [9.17, 15) is 5.26 Å². The molecule has 0 spiro atoms. The Morgan fingerprint density at radius 1 is 1.30 bits per heavy atom. The van der Waals surface area contributed by atoms with Gasteiger partial charge in [0.25, 0.3) is 0 Å². The predicted octanol–water partition coefficient (Wildman–Crippen LogP) is 4.37. The Hall–Kier alpha value is -2.80. The number of aromatic nitrogens is 3. The Kier molecular flexibility index (Phi) is 3.79. The Labute approximate surface area is 136 Å². The van der Waals surface area contributed by atoms with Crippen LogP contribution in [0.2, 0.25) is 0 Å². The summed E-state index contributed by atoms with van der Waals surface area (Å²) < 4.78 is 2.24. The summed E-state index contributed by atoms with van der Waals surface area (Å²) >= 11 is 0. The molecule has 0 saturated carbocycles. The summed E-state index contributed by atoms with van der Waals surface area (Å²) in [6, 6.07) is 10.4. The lowest BCUT2D eigenvalue weighted by atomic mass is 10.1. The lowest BCUT2D eigenvalue weighted by molar-refractivity contribution is 0.718. The lowest BCUT2D eigenvalue weighted by Gasteiger charge is -2.04. The Balaban J connectivity index is 2.09. The standard InChI is InChI=1S/C19H20N4/c1-5-23-13(3)9-15(14(23)4)10-16(11-20)19-21-17-7-6-12(2)8-18(17)22-19/h6-10H,5H2,1-4H3,(H,21,22)/b16-10-. The highest BCUT2D eigenvalue weighted by atomic mass is 15.0. The van der Waals surface area contributed by atoms with E-state index in [-0.39, 0.29) is 0 Å². The summed E-state index contributed by atoms with van der Waals surface area (Å²) in [6.45, 7) is 9.27. The number of rotatable bonds is 3. The maximum absolute atomic E-state index is 9.56. The summed E-state index contributed by atoms with van der Waals surface area (Å²) in [5.74, 6) is 0.620. The smallest absolute Gasteiger partial charge is 0.149 e. The fourth-order valence-corrected chi connectivity index (χ4v) is 3.02. The van der Waals surface area contributed by atoms with Crippen molar-refractivity contribution < 1.29 is 0 Å². The van der Waals surface area contributed by atoms with Gasteiger partial charge >= 0.3 is 0 Å². The molecule has 4 nitrogen and oxygen atoms in total. The number of nitrogens with zero attached hydrogens (tertiary/aromatic N) is 3. The van der Waals surface area contributed by atoms with E-state index in [0.717, 1.165) is 23.1 Å². The molecule has 0 aliphatic carbocycles. The average molecular weight is 304 g/mol. The van der Waals surface area contributed by atoms with Crippen LogP contribution in [0.1, 0.15) is 35.3 Å². The number of allylic oxidation sites excluding steroid dienone is 1. The molecule has 0 bridgehead atoms. The van der Waals surface area contributed by atoms with Gasteiger partial charge in [0.2, 0.25) is 0 Å². The summed E-state index contributed by atoms with van der Waals surface area (Å²) in [6.07, 6.45) is 1.92. The van der Waals surface area contributed by atoms with Gasteiger partial charge in [0, 0.05) is 17.9 Å². The molecule has 0 atom stereocenters. The van der Waals surface area contributed by atoms with E-state index >= 15 is 0 Å². The van der Waals surface area contributed by atoms with Crippen LogP contribution in [0.3, 0.4) is 0 Å². The van der Waals surface area contributed by atoms with Crippen molar-refractivity contribution in [3.8, 4) is 6.07 Å². The molecule has 23 heavy (non-hydrogen) atoms. The zero-order valence-corrected chi connectivity index (χ0v) is 13.9. The number of fused-ring (bicyclic) bond motifs is 1. The molecule has 1 N–H and O–H groups in total. The summed E-state index contributed by atoms with van der Waals surface area (Å²) in [5.41, 5.74) is 7.00. The van der Waals surface area contributed by atoms with Crippen molar-refractivity contribution in [1.82, 2.24) is 14.5 Å². The minimum Gasteiger partial charge on any atom is -0.349 e. The molecule has 0 amide bonds. The number of nitriles is 1. The maximum Gasteiger partial charge on any atom is 0.149 e. The van der Waals surface area contributed by atoms with Crippen molar-refractivity contribution in [2.75, 3.05) is 0 Å². The number of hydrogen-bond donors (Lipinski definition) is 1. The van der Waals surface area contributed by atoms with Gasteiger partial charge in [-0.05, 0) is 63.1 Å². The van der Waals surface area contributed by atoms with Crippen molar-refractivity contribution >= 4 is 22.7 Å². The third-order valence-corrected chi connectivity index (χ3v) is 4.24. The highest BCUT2D eigenvalue weighted by Gasteiger charge is 2.11. The monoisotopic (exact) mass is 304 g/mol. The maximum atomic E-state index is 9.56. The summed E-state index contributed by atoms with van der Waals surface area (Å²) in [5, 5.41) is 9.56. The predicted molar refractivity (Wildman–Crippen MR) is 93.9 cm³/mol. The first-order chi connectivity index (χ1) is 11.0. The molecule has 0 radical (unpaired) electrons.